The standard InChI is InChI=1S/C17H33N3O.ClH/c1-13-9-14(2)12-20(11-13)8-4-6-19-17(21)16-5-7-18-15(3)10-16;/h13-16,18H,4-12H2,1-3H3,(H,19,21);1H/t13?,14?,15-,16-;/m0./s1. The van der Waals surface area contributed by atoms with Crippen molar-refractivity contribution in [3.05, 3.63) is 0 Å². The quantitative estimate of drug-likeness (QED) is 0.760. The van der Waals surface area contributed by atoms with Gasteiger partial charge in [0.1, 0.15) is 0 Å². The first-order valence-corrected chi connectivity index (χ1v) is 8.78. The number of rotatable bonds is 5. The molecule has 2 unspecified atom stereocenters. The summed E-state index contributed by atoms with van der Waals surface area (Å²) in [7, 11) is 0. The maximum Gasteiger partial charge on any atom is 0.223 e. The van der Waals surface area contributed by atoms with Gasteiger partial charge >= 0.3 is 0 Å². The Morgan fingerprint density at radius 3 is 2.50 bits per heavy atom. The number of carbonyl (C=O) groups excluding carboxylic acids is 1. The molecule has 0 aromatic rings. The van der Waals surface area contributed by atoms with Gasteiger partial charge in [0, 0.05) is 31.6 Å². The molecule has 2 N–H and O–H groups in total. The normalized spacial score (nSPS) is 33.0. The van der Waals surface area contributed by atoms with Gasteiger partial charge < -0.3 is 15.5 Å². The van der Waals surface area contributed by atoms with Gasteiger partial charge in [-0.15, -0.1) is 12.4 Å². The van der Waals surface area contributed by atoms with Gasteiger partial charge in [0.15, 0.2) is 0 Å². The lowest BCUT2D eigenvalue weighted by molar-refractivity contribution is -0.126. The largest absolute Gasteiger partial charge is 0.356 e. The number of halogens is 1. The molecule has 2 saturated heterocycles. The van der Waals surface area contributed by atoms with Crippen molar-refractivity contribution in [2.45, 2.75) is 52.5 Å². The van der Waals surface area contributed by atoms with Crippen LogP contribution in [0.2, 0.25) is 0 Å². The molecular formula is C17H34ClN3O. The first-order chi connectivity index (χ1) is 10.0. The monoisotopic (exact) mass is 331 g/mol. The highest BCUT2D eigenvalue weighted by atomic mass is 35.5. The predicted octanol–water partition coefficient (Wildman–Crippen LogP) is 2.28. The van der Waals surface area contributed by atoms with E-state index in [0.29, 0.717) is 6.04 Å². The number of nitrogens with zero attached hydrogens (tertiary/aromatic N) is 1. The van der Waals surface area contributed by atoms with Crippen molar-refractivity contribution in [3.63, 3.8) is 0 Å². The highest BCUT2D eigenvalue weighted by Gasteiger charge is 2.24. The number of piperidine rings is 2. The fraction of sp³-hybridized carbons (Fsp3) is 0.941. The van der Waals surface area contributed by atoms with Gasteiger partial charge in [0.05, 0.1) is 0 Å². The molecule has 0 radical (unpaired) electrons. The minimum Gasteiger partial charge on any atom is -0.356 e. The molecular weight excluding hydrogens is 298 g/mol. The highest BCUT2D eigenvalue weighted by molar-refractivity contribution is 5.85. The van der Waals surface area contributed by atoms with Crippen molar-refractivity contribution < 1.29 is 4.79 Å². The van der Waals surface area contributed by atoms with Gasteiger partial charge in [-0.3, -0.25) is 4.79 Å². The molecule has 0 spiro atoms. The molecule has 0 saturated carbocycles. The summed E-state index contributed by atoms with van der Waals surface area (Å²) in [6, 6.07) is 0.478. The zero-order valence-electron chi connectivity index (χ0n) is 14.4. The fourth-order valence-electron chi connectivity index (χ4n) is 4.00. The lowest BCUT2D eigenvalue weighted by atomic mass is 9.92. The first-order valence-electron chi connectivity index (χ1n) is 8.78. The van der Waals surface area contributed by atoms with Crippen LogP contribution in [-0.2, 0) is 4.79 Å². The molecule has 0 aliphatic carbocycles. The van der Waals surface area contributed by atoms with Crippen LogP contribution in [0, 0.1) is 17.8 Å². The Bertz CT molecular complexity index is 330. The Morgan fingerprint density at radius 2 is 1.86 bits per heavy atom. The molecule has 0 aromatic heterocycles. The van der Waals surface area contributed by atoms with E-state index in [9.17, 15) is 4.79 Å². The summed E-state index contributed by atoms with van der Waals surface area (Å²) in [5.74, 6) is 2.12. The predicted molar refractivity (Wildman–Crippen MR) is 94.4 cm³/mol. The number of carbonyl (C=O) groups is 1. The van der Waals surface area contributed by atoms with Gasteiger partial charge in [-0.25, -0.2) is 0 Å². The Labute approximate surface area is 142 Å². The maximum absolute atomic E-state index is 12.1. The summed E-state index contributed by atoms with van der Waals surface area (Å²) < 4.78 is 0. The lowest BCUT2D eigenvalue weighted by Crippen LogP contribution is -2.43. The number of amides is 1. The van der Waals surface area contributed by atoms with E-state index in [-0.39, 0.29) is 24.2 Å². The van der Waals surface area contributed by atoms with E-state index in [2.05, 4.69) is 36.3 Å². The summed E-state index contributed by atoms with van der Waals surface area (Å²) in [4.78, 5) is 14.7. The topological polar surface area (TPSA) is 44.4 Å². The highest BCUT2D eigenvalue weighted by Crippen LogP contribution is 2.20. The van der Waals surface area contributed by atoms with E-state index in [1.807, 2.05) is 0 Å². The van der Waals surface area contributed by atoms with Crippen LogP contribution in [0.4, 0.5) is 0 Å². The van der Waals surface area contributed by atoms with Crippen molar-refractivity contribution in [2.24, 2.45) is 17.8 Å². The van der Waals surface area contributed by atoms with Crippen molar-refractivity contribution in [2.75, 3.05) is 32.7 Å². The summed E-state index contributed by atoms with van der Waals surface area (Å²) in [5, 5.41) is 6.54. The number of nitrogens with one attached hydrogen (secondary N) is 2. The third kappa shape index (κ3) is 6.43. The Kier molecular flexibility index (Phi) is 8.73. The molecule has 22 heavy (non-hydrogen) atoms. The van der Waals surface area contributed by atoms with Crippen LogP contribution in [0.25, 0.3) is 0 Å². The smallest absolute Gasteiger partial charge is 0.223 e. The van der Waals surface area contributed by atoms with Gasteiger partial charge in [-0.2, -0.15) is 0 Å². The molecule has 2 aliphatic rings. The Balaban J connectivity index is 0.00000242. The fourth-order valence-corrected chi connectivity index (χ4v) is 4.00. The lowest BCUT2D eigenvalue weighted by Gasteiger charge is -2.35. The second-order valence-corrected chi connectivity index (χ2v) is 7.43. The van der Waals surface area contributed by atoms with Crippen LogP contribution in [0.3, 0.4) is 0 Å². The zero-order valence-corrected chi connectivity index (χ0v) is 15.3. The molecule has 2 heterocycles. The number of hydrogen-bond donors (Lipinski definition) is 2. The van der Waals surface area contributed by atoms with E-state index in [4.69, 9.17) is 0 Å². The van der Waals surface area contributed by atoms with Crippen LogP contribution in [0.1, 0.15) is 46.5 Å². The molecule has 2 fully saturated rings. The SMILES string of the molecule is CC1CC(C)CN(CCCNC(=O)[C@H]2CCN[C@@H](C)C2)C1.Cl. The van der Waals surface area contributed by atoms with Crippen LogP contribution in [0.5, 0.6) is 0 Å². The average molecular weight is 332 g/mol. The van der Waals surface area contributed by atoms with Gasteiger partial charge in [0.2, 0.25) is 5.91 Å². The molecule has 130 valence electrons. The second kappa shape index (κ2) is 9.74. The van der Waals surface area contributed by atoms with Gasteiger partial charge in [-0.1, -0.05) is 13.8 Å². The van der Waals surface area contributed by atoms with Gasteiger partial charge in [0.25, 0.3) is 0 Å². The molecule has 4 nitrogen and oxygen atoms in total. The van der Waals surface area contributed by atoms with Crippen molar-refractivity contribution in [3.8, 4) is 0 Å². The van der Waals surface area contributed by atoms with Crippen molar-refractivity contribution in [1.29, 1.82) is 0 Å². The minimum atomic E-state index is 0. The molecule has 5 heteroatoms. The summed E-state index contributed by atoms with van der Waals surface area (Å²) >= 11 is 0. The van der Waals surface area contributed by atoms with E-state index in [0.717, 1.165) is 50.7 Å². The zero-order chi connectivity index (χ0) is 15.2. The van der Waals surface area contributed by atoms with E-state index < -0.39 is 0 Å². The van der Waals surface area contributed by atoms with Crippen molar-refractivity contribution >= 4 is 18.3 Å². The third-order valence-electron chi connectivity index (χ3n) is 4.89. The Morgan fingerprint density at radius 1 is 1.18 bits per heavy atom. The molecule has 2 rings (SSSR count). The second-order valence-electron chi connectivity index (χ2n) is 7.43. The molecule has 0 bridgehead atoms. The average Bonchev–Trinajstić information content (AvgIpc) is 2.42. The minimum absolute atomic E-state index is 0. The number of likely N-dealkylation sites (tertiary alicyclic amines) is 1. The molecule has 4 atom stereocenters. The third-order valence-corrected chi connectivity index (χ3v) is 4.89. The molecule has 2 aliphatic heterocycles. The van der Waals surface area contributed by atoms with Crippen LogP contribution >= 0.6 is 12.4 Å². The first kappa shape index (κ1) is 19.7. The van der Waals surface area contributed by atoms with Crippen LogP contribution in [-0.4, -0.2) is 49.6 Å². The van der Waals surface area contributed by atoms with Gasteiger partial charge in [-0.05, 0) is 57.5 Å². The summed E-state index contributed by atoms with van der Waals surface area (Å²) in [6.45, 7) is 12.2. The van der Waals surface area contributed by atoms with Crippen LogP contribution < -0.4 is 10.6 Å². The summed E-state index contributed by atoms with van der Waals surface area (Å²) in [6.07, 6.45) is 4.40. The van der Waals surface area contributed by atoms with Crippen molar-refractivity contribution in [1.82, 2.24) is 15.5 Å². The maximum atomic E-state index is 12.1. The van der Waals surface area contributed by atoms with Crippen LogP contribution in [0.15, 0.2) is 0 Å². The number of hydrogen-bond acceptors (Lipinski definition) is 3. The molecule has 0 aromatic carbocycles. The van der Waals surface area contributed by atoms with E-state index in [1.165, 1.54) is 19.5 Å². The van der Waals surface area contributed by atoms with E-state index in [1.54, 1.807) is 0 Å². The summed E-state index contributed by atoms with van der Waals surface area (Å²) in [5.41, 5.74) is 0. The Hall–Kier alpha value is -0.320. The molecule has 1 amide bonds. The van der Waals surface area contributed by atoms with E-state index >= 15 is 0 Å².